The summed E-state index contributed by atoms with van der Waals surface area (Å²) in [5.74, 6) is 0.316. The van der Waals surface area contributed by atoms with E-state index in [9.17, 15) is 9.59 Å². The lowest BCUT2D eigenvalue weighted by molar-refractivity contribution is -0.130. The molecule has 0 aliphatic carbocycles. The number of carbonyl (C=O) groups excluding carboxylic acids is 2. The van der Waals surface area contributed by atoms with Crippen molar-refractivity contribution in [2.24, 2.45) is 0 Å². The molecule has 1 N–H and O–H groups in total. The summed E-state index contributed by atoms with van der Waals surface area (Å²) in [6, 6.07) is 0.353. The van der Waals surface area contributed by atoms with Gasteiger partial charge in [0, 0.05) is 25.6 Å². The smallest absolute Gasteiger partial charge is 0.230 e. The zero-order valence-corrected chi connectivity index (χ0v) is 12.0. The van der Waals surface area contributed by atoms with Gasteiger partial charge in [-0.1, -0.05) is 22.9 Å². The Morgan fingerprint density at radius 1 is 1.59 bits per heavy atom. The first kappa shape index (κ1) is 14.5. The summed E-state index contributed by atoms with van der Waals surface area (Å²) in [6.45, 7) is 3.72. The largest absolute Gasteiger partial charge is 0.355 e. The van der Waals surface area contributed by atoms with Crippen molar-refractivity contribution < 1.29 is 9.59 Å². The molecule has 1 rings (SSSR count). The summed E-state index contributed by atoms with van der Waals surface area (Å²) < 4.78 is 0. The van der Waals surface area contributed by atoms with Crippen molar-refractivity contribution >= 4 is 27.7 Å². The highest BCUT2D eigenvalue weighted by molar-refractivity contribution is 9.09. The van der Waals surface area contributed by atoms with Gasteiger partial charge in [-0.3, -0.25) is 9.59 Å². The second-order valence-electron chi connectivity index (χ2n) is 4.38. The second-order valence-corrected chi connectivity index (χ2v) is 4.94. The van der Waals surface area contributed by atoms with Crippen LogP contribution in [0, 0.1) is 0 Å². The van der Waals surface area contributed by atoms with Gasteiger partial charge in [-0.15, -0.1) is 0 Å². The van der Waals surface area contributed by atoms with Gasteiger partial charge in [0.25, 0.3) is 0 Å². The van der Waals surface area contributed by atoms with Gasteiger partial charge >= 0.3 is 0 Å². The Labute approximate surface area is 111 Å². The summed E-state index contributed by atoms with van der Waals surface area (Å²) >= 11 is 3.11. The molecule has 0 aromatic heterocycles. The molecule has 0 aromatic rings. The summed E-state index contributed by atoms with van der Waals surface area (Å²) in [5, 5.41) is 3.18. The predicted molar refractivity (Wildman–Crippen MR) is 71.1 cm³/mol. The molecule has 5 heteroatoms. The van der Waals surface area contributed by atoms with Crippen LogP contribution < -0.4 is 5.32 Å². The van der Waals surface area contributed by atoms with Crippen LogP contribution in [0.25, 0.3) is 0 Å². The molecule has 1 aliphatic rings. The zero-order chi connectivity index (χ0) is 12.7. The Bertz CT molecular complexity index is 271. The van der Waals surface area contributed by atoms with Crippen LogP contribution in [0.15, 0.2) is 0 Å². The fourth-order valence-electron chi connectivity index (χ4n) is 2.25. The van der Waals surface area contributed by atoms with Crippen LogP contribution in [-0.4, -0.2) is 41.2 Å². The predicted octanol–water partition coefficient (Wildman–Crippen LogP) is 1.68. The van der Waals surface area contributed by atoms with E-state index in [0.717, 1.165) is 32.2 Å². The van der Waals surface area contributed by atoms with Crippen molar-refractivity contribution in [3.05, 3.63) is 0 Å². The fraction of sp³-hybridized carbons (Fsp3) is 0.833. The third-order valence-electron chi connectivity index (χ3n) is 3.18. The topological polar surface area (TPSA) is 49.4 Å². The minimum atomic E-state index is 0.0234. The Balaban J connectivity index is 2.23. The maximum atomic E-state index is 11.6. The standard InChI is InChI=1S/C12H21BrN2O2/c1-2-10(15-8-4-6-12(15)17)5-3-7-14-11(16)9-13/h10H,2-9H2,1H3,(H,14,16). The Hall–Kier alpha value is -0.580. The van der Waals surface area contributed by atoms with Gasteiger partial charge in [0.2, 0.25) is 11.8 Å². The van der Waals surface area contributed by atoms with Crippen LogP contribution in [0.4, 0.5) is 0 Å². The molecule has 0 bridgehead atoms. The molecule has 0 aromatic carbocycles. The average Bonchev–Trinajstić information content (AvgIpc) is 2.75. The number of hydrogen-bond acceptors (Lipinski definition) is 2. The summed E-state index contributed by atoms with van der Waals surface area (Å²) in [6.07, 6.45) is 4.61. The Kier molecular flexibility index (Phi) is 6.55. The van der Waals surface area contributed by atoms with Crippen LogP contribution in [-0.2, 0) is 9.59 Å². The van der Waals surface area contributed by atoms with Crippen molar-refractivity contribution in [1.29, 1.82) is 0 Å². The van der Waals surface area contributed by atoms with E-state index < -0.39 is 0 Å². The third kappa shape index (κ3) is 4.66. The molecule has 1 saturated heterocycles. The molecule has 1 heterocycles. The molecule has 0 spiro atoms. The van der Waals surface area contributed by atoms with E-state index in [2.05, 4.69) is 28.2 Å². The second kappa shape index (κ2) is 7.69. The van der Waals surface area contributed by atoms with Gasteiger partial charge in [-0.25, -0.2) is 0 Å². The molecular weight excluding hydrogens is 284 g/mol. The maximum absolute atomic E-state index is 11.6. The number of carbonyl (C=O) groups is 2. The van der Waals surface area contributed by atoms with Crippen LogP contribution in [0.3, 0.4) is 0 Å². The number of alkyl halides is 1. The first-order valence-electron chi connectivity index (χ1n) is 6.31. The molecular formula is C12H21BrN2O2. The van der Waals surface area contributed by atoms with E-state index in [1.807, 2.05) is 4.90 Å². The highest BCUT2D eigenvalue weighted by atomic mass is 79.9. The zero-order valence-electron chi connectivity index (χ0n) is 10.4. The van der Waals surface area contributed by atoms with E-state index in [0.29, 0.717) is 30.2 Å². The molecule has 98 valence electrons. The molecule has 4 nitrogen and oxygen atoms in total. The molecule has 1 aliphatic heterocycles. The van der Waals surface area contributed by atoms with Crippen molar-refractivity contribution in [3.63, 3.8) is 0 Å². The van der Waals surface area contributed by atoms with Crippen LogP contribution in [0.5, 0.6) is 0 Å². The minimum absolute atomic E-state index is 0.0234. The Morgan fingerprint density at radius 3 is 2.88 bits per heavy atom. The number of nitrogens with zero attached hydrogens (tertiary/aromatic N) is 1. The molecule has 1 fully saturated rings. The van der Waals surface area contributed by atoms with Crippen LogP contribution in [0.2, 0.25) is 0 Å². The van der Waals surface area contributed by atoms with Crippen molar-refractivity contribution in [2.75, 3.05) is 18.4 Å². The van der Waals surface area contributed by atoms with Gasteiger partial charge in [0.1, 0.15) is 0 Å². The first-order valence-corrected chi connectivity index (χ1v) is 7.43. The Morgan fingerprint density at radius 2 is 2.35 bits per heavy atom. The normalized spacial score (nSPS) is 17.3. The van der Waals surface area contributed by atoms with Gasteiger partial charge in [0.05, 0.1) is 5.33 Å². The number of likely N-dealkylation sites (tertiary alicyclic amines) is 1. The highest BCUT2D eigenvalue weighted by Crippen LogP contribution is 2.18. The monoisotopic (exact) mass is 304 g/mol. The fourth-order valence-corrected chi connectivity index (χ4v) is 2.45. The molecule has 0 saturated carbocycles. The van der Waals surface area contributed by atoms with E-state index >= 15 is 0 Å². The number of amides is 2. The van der Waals surface area contributed by atoms with Gasteiger partial charge < -0.3 is 10.2 Å². The van der Waals surface area contributed by atoms with E-state index in [4.69, 9.17) is 0 Å². The van der Waals surface area contributed by atoms with E-state index in [1.165, 1.54) is 0 Å². The molecule has 2 amide bonds. The van der Waals surface area contributed by atoms with E-state index in [1.54, 1.807) is 0 Å². The summed E-state index contributed by atoms with van der Waals surface area (Å²) in [5.41, 5.74) is 0. The molecule has 1 atom stereocenters. The first-order chi connectivity index (χ1) is 8.19. The van der Waals surface area contributed by atoms with Crippen molar-refractivity contribution in [2.45, 2.75) is 45.1 Å². The van der Waals surface area contributed by atoms with Crippen LogP contribution in [0.1, 0.15) is 39.0 Å². The SMILES string of the molecule is CCC(CCCNC(=O)CBr)N1CCCC1=O. The summed E-state index contributed by atoms with van der Waals surface area (Å²) in [7, 11) is 0. The van der Waals surface area contributed by atoms with Crippen LogP contribution >= 0.6 is 15.9 Å². The van der Waals surface area contributed by atoms with Gasteiger partial charge in [0.15, 0.2) is 0 Å². The lowest BCUT2D eigenvalue weighted by atomic mass is 10.1. The number of halogens is 1. The number of nitrogens with one attached hydrogen (secondary N) is 1. The average molecular weight is 305 g/mol. The number of hydrogen-bond donors (Lipinski definition) is 1. The van der Waals surface area contributed by atoms with Gasteiger partial charge in [-0.05, 0) is 25.7 Å². The lowest BCUT2D eigenvalue weighted by Crippen LogP contribution is -2.36. The maximum Gasteiger partial charge on any atom is 0.230 e. The minimum Gasteiger partial charge on any atom is -0.355 e. The number of rotatable bonds is 7. The molecule has 1 unspecified atom stereocenters. The molecule has 17 heavy (non-hydrogen) atoms. The van der Waals surface area contributed by atoms with Gasteiger partial charge in [-0.2, -0.15) is 0 Å². The third-order valence-corrected chi connectivity index (χ3v) is 3.69. The quantitative estimate of drug-likeness (QED) is 0.575. The van der Waals surface area contributed by atoms with Crippen molar-refractivity contribution in [1.82, 2.24) is 10.2 Å². The van der Waals surface area contributed by atoms with Crippen molar-refractivity contribution in [3.8, 4) is 0 Å². The van der Waals surface area contributed by atoms with E-state index in [-0.39, 0.29) is 5.91 Å². The lowest BCUT2D eigenvalue weighted by Gasteiger charge is -2.26. The summed E-state index contributed by atoms with van der Waals surface area (Å²) in [4.78, 5) is 24.6. The highest BCUT2D eigenvalue weighted by Gasteiger charge is 2.26. The molecule has 0 radical (unpaired) electrons.